The number of likely N-dealkylation sites (tertiary alicyclic amines) is 1. The van der Waals surface area contributed by atoms with Gasteiger partial charge in [-0.2, -0.15) is 0 Å². The van der Waals surface area contributed by atoms with Gasteiger partial charge in [0.15, 0.2) is 0 Å². The lowest BCUT2D eigenvalue weighted by molar-refractivity contribution is -0.162. The van der Waals surface area contributed by atoms with Crippen LogP contribution >= 0.6 is 0 Å². The van der Waals surface area contributed by atoms with Crippen molar-refractivity contribution in [1.29, 1.82) is 0 Å². The molecule has 130 valence electrons. The molecule has 2 saturated carbocycles. The summed E-state index contributed by atoms with van der Waals surface area (Å²) in [5.74, 6) is -3.21. The minimum Gasteiger partial charge on any atom is -0.342 e. The number of piperidine rings is 1. The Labute approximate surface area is 135 Å². The number of carbonyl (C=O) groups excluding carboxylic acids is 2. The summed E-state index contributed by atoms with van der Waals surface area (Å²) in [7, 11) is 3.44. The van der Waals surface area contributed by atoms with Gasteiger partial charge < -0.3 is 15.1 Å². The smallest absolute Gasteiger partial charge is 0.317 e. The fourth-order valence-corrected chi connectivity index (χ4v) is 4.10. The van der Waals surface area contributed by atoms with E-state index in [1.54, 1.807) is 19.0 Å². The third-order valence-corrected chi connectivity index (χ3v) is 5.67. The minimum absolute atomic E-state index is 0.0663. The quantitative estimate of drug-likeness (QED) is 0.843. The first kappa shape index (κ1) is 16.5. The lowest BCUT2D eigenvalue weighted by atomic mass is 9.60. The SMILES string of the molecule is CN(C)C(=O)NC1CC2(CCN(C(=O)C3CC(F)(F)C3)CC2)C1. The van der Waals surface area contributed by atoms with Gasteiger partial charge in [-0.05, 0) is 31.1 Å². The Morgan fingerprint density at radius 3 is 2.13 bits per heavy atom. The van der Waals surface area contributed by atoms with E-state index in [2.05, 4.69) is 5.32 Å². The molecule has 3 rings (SSSR count). The summed E-state index contributed by atoms with van der Waals surface area (Å²) < 4.78 is 25.8. The molecule has 3 fully saturated rings. The number of hydrogen-bond donors (Lipinski definition) is 1. The van der Waals surface area contributed by atoms with Gasteiger partial charge in [-0.3, -0.25) is 4.79 Å². The summed E-state index contributed by atoms with van der Waals surface area (Å²) in [4.78, 5) is 27.1. The van der Waals surface area contributed by atoms with Gasteiger partial charge in [0.25, 0.3) is 0 Å². The van der Waals surface area contributed by atoms with E-state index < -0.39 is 11.8 Å². The van der Waals surface area contributed by atoms with Crippen molar-refractivity contribution < 1.29 is 18.4 Å². The van der Waals surface area contributed by atoms with Crippen molar-refractivity contribution in [3.63, 3.8) is 0 Å². The van der Waals surface area contributed by atoms with Crippen LogP contribution in [-0.4, -0.2) is 60.9 Å². The second kappa shape index (κ2) is 5.60. The van der Waals surface area contributed by atoms with Gasteiger partial charge in [0, 0.05) is 52.0 Å². The number of halogens is 2. The maximum Gasteiger partial charge on any atom is 0.317 e. The highest BCUT2D eigenvalue weighted by Gasteiger charge is 2.52. The van der Waals surface area contributed by atoms with Crippen LogP contribution in [0.2, 0.25) is 0 Å². The highest BCUT2D eigenvalue weighted by atomic mass is 19.3. The largest absolute Gasteiger partial charge is 0.342 e. The van der Waals surface area contributed by atoms with Crippen LogP contribution < -0.4 is 5.32 Å². The number of urea groups is 1. The third-order valence-electron chi connectivity index (χ3n) is 5.67. The number of nitrogens with one attached hydrogen (secondary N) is 1. The van der Waals surface area contributed by atoms with E-state index in [1.165, 1.54) is 4.90 Å². The Hall–Kier alpha value is -1.40. The van der Waals surface area contributed by atoms with E-state index in [1.807, 2.05) is 0 Å². The zero-order valence-corrected chi connectivity index (χ0v) is 13.8. The minimum atomic E-state index is -2.64. The van der Waals surface area contributed by atoms with Crippen molar-refractivity contribution in [2.24, 2.45) is 11.3 Å². The van der Waals surface area contributed by atoms with Crippen LogP contribution in [0.25, 0.3) is 0 Å². The Balaban J connectivity index is 1.42. The van der Waals surface area contributed by atoms with Crippen LogP contribution in [0.5, 0.6) is 0 Å². The average molecular weight is 329 g/mol. The standard InChI is InChI=1S/C16H25F2N3O2/c1-20(2)14(23)19-12-9-15(10-12)3-5-21(6-4-15)13(22)11-7-16(17,18)8-11/h11-12H,3-10H2,1-2H3,(H,19,23). The lowest BCUT2D eigenvalue weighted by Crippen LogP contribution is -2.57. The summed E-state index contributed by atoms with van der Waals surface area (Å²) in [6.45, 7) is 1.32. The molecule has 7 heteroatoms. The molecule has 1 saturated heterocycles. The van der Waals surface area contributed by atoms with Crippen LogP contribution in [-0.2, 0) is 4.79 Å². The summed E-state index contributed by atoms with van der Waals surface area (Å²) in [5.41, 5.74) is 0.227. The molecular weight excluding hydrogens is 304 g/mol. The zero-order valence-electron chi connectivity index (χ0n) is 13.8. The zero-order chi connectivity index (χ0) is 16.8. The molecule has 0 radical (unpaired) electrons. The van der Waals surface area contributed by atoms with Crippen molar-refractivity contribution in [2.75, 3.05) is 27.2 Å². The number of carbonyl (C=O) groups is 2. The number of rotatable bonds is 2. The van der Waals surface area contributed by atoms with Gasteiger partial charge in [-0.15, -0.1) is 0 Å². The van der Waals surface area contributed by atoms with E-state index in [4.69, 9.17) is 0 Å². The van der Waals surface area contributed by atoms with Crippen molar-refractivity contribution in [3.05, 3.63) is 0 Å². The van der Waals surface area contributed by atoms with Gasteiger partial charge >= 0.3 is 6.03 Å². The van der Waals surface area contributed by atoms with E-state index in [-0.39, 0.29) is 36.2 Å². The molecule has 23 heavy (non-hydrogen) atoms. The third kappa shape index (κ3) is 3.28. The summed E-state index contributed by atoms with van der Waals surface area (Å²) in [6, 6.07) is 0.154. The molecule has 1 N–H and O–H groups in total. The van der Waals surface area contributed by atoms with Gasteiger partial charge in [0.05, 0.1) is 0 Å². The number of amides is 3. The van der Waals surface area contributed by atoms with Gasteiger partial charge in [0.2, 0.25) is 11.8 Å². The van der Waals surface area contributed by atoms with Crippen LogP contribution in [0.15, 0.2) is 0 Å². The second-order valence-electron chi connectivity index (χ2n) is 7.74. The topological polar surface area (TPSA) is 52.7 Å². The first-order valence-electron chi connectivity index (χ1n) is 8.34. The Morgan fingerprint density at radius 1 is 1.09 bits per heavy atom. The molecule has 0 unspecified atom stereocenters. The van der Waals surface area contributed by atoms with Gasteiger partial charge in [-0.25, -0.2) is 13.6 Å². The molecule has 5 nitrogen and oxygen atoms in total. The molecular formula is C16H25F2N3O2. The molecule has 0 bridgehead atoms. The molecule has 0 atom stereocenters. The molecule has 1 spiro atoms. The van der Waals surface area contributed by atoms with Crippen molar-refractivity contribution in [3.8, 4) is 0 Å². The molecule has 3 amide bonds. The molecule has 1 heterocycles. The maximum absolute atomic E-state index is 12.9. The van der Waals surface area contributed by atoms with Crippen molar-refractivity contribution in [1.82, 2.24) is 15.1 Å². The van der Waals surface area contributed by atoms with E-state index in [0.717, 1.165) is 25.7 Å². The van der Waals surface area contributed by atoms with Gasteiger partial charge in [0.1, 0.15) is 0 Å². The van der Waals surface area contributed by atoms with E-state index >= 15 is 0 Å². The molecule has 0 aromatic carbocycles. The van der Waals surface area contributed by atoms with Crippen LogP contribution in [0.4, 0.5) is 13.6 Å². The molecule has 3 aliphatic rings. The molecule has 1 aliphatic heterocycles. The number of nitrogens with zero attached hydrogens (tertiary/aromatic N) is 2. The number of hydrogen-bond acceptors (Lipinski definition) is 2. The van der Waals surface area contributed by atoms with Crippen LogP contribution in [0.3, 0.4) is 0 Å². The Bertz CT molecular complexity index is 486. The van der Waals surface area contributed by atoms with E-state index in [0.29, 0.717) is 13.1 Å². The lowest BCUT2D eigenvalue weighted by Gasteiger charge is -2.53. The summed E-state index contributed by atoms with van der Waals surface area (Å²) >= 11 is 0. The predicted molar refractivity (Wildman–Crippen MR) is 81.2 cm³/mol. The monoisotopic (exact) mass is 329 g/mol. The Morgan fingerprint density at radius 2 is 1.65 bits per heavy atom. The normalized spacial score (nSPS) is 26.3. The highest BCUT2D eigenvalue weighted by molar-refractivity contribution is 5.80. The molecule has 0 aromatic heterocycles. The fourth-order valence-electron chi connectivity index (χ4n) is 4.10. The number of alkyl halides is 2. The fraction of sp³-hybridized carbons (Fsp3) is 0.875. The maximum atomic E-state index is 12.9. The second-order valence-corrected chi connectivity index (χ2v) is 7.74. The summed E-state index contributed by atoms with van der Waals surface area (Å²) in [5, 5.41) is 2.99. The van der Waals surface area contributed by atoms with Crippen LogP contribution in [0, 0.1) is 11.3 Å². The van der Waals surface area contributed by atoms with Crippen molar-refractivity contribution >= 4 is 11.9 Å². The first-order valence-corrected chi connectivity index (χ1v) is 8.34. The van der Waals surface area contributed by atoms with Gasteiger partial charge in [-0.1, -0.05) is 0 Å². The first-order chi connectivity index (χ1) is 10.7. The highest BCUT2D eigenvalue weighted by Crippen LogP contribution is 2.50. The predicted octanol–water partition coefficient (Wildman–Crippen LogP) is 2.07. The summed E-state index contributed by atoms with van der Waals surface area (Å²) in [6.07, 6.45) is 3.16. The van der Waals surface area contributed by atoms with Crippen molar-refractivity contribution in [2.45, 2.75) is 50.5 Å². The van der Waals surface area contributed by atoms with Crippen LogP contribution in [0.1, 0.15) is 38.5 Å². The molecule has 2 aliphatic carbocycles. The molecule has 0 aromatic rings. The Kier molecular flexibility index (Phi) is 4.01. The average Bonchev–Trinajstić information content (AvgIpc) is 2.42. The van der Waals surface area contributed by atoms with E-state index in [9.17, 15) is 18.4 Å².